The molecule has 0 radical (unpaired) electrons. The lowest BCUT2D eigenvalue weighted by atomic mass is 10.3. The SMILES string of the molecule is CC(OC(=O)c1cc(Cl)c[nH]1)C(=O)Nc1ccc(S(=O)(=O)N2CCOCC2)cc1. The molecule has 1 aliphatic rings. The lowest BCUT2D eigenvalue weighted by molar-refractivity contribution is -0.123. The Hall–Kier alpha value is -2.40. The molecule has 1 aliphatic heterocycles. The van der Waals surface area contributed by atoms with Crippen molar-refractivity contribution in [3.63, 3.8) is 0 Å². The van der Waals surface area contributed by atoms with Crippen LogP contribution in [0.1, 0.15) is 17.4 Å². The molecule has 0 saturated carbocycles. The summed E-state index contributed by atoms with van der Waals surface area (Å²) in [7, 11) is -3.61. The summed E-state index contributed by atoms with van der Waals surface area (Å²) in [5.41, 5.74) is 0.508. The molecule has 0 bridgehead atoms. The molecular weight excluding hydrogens is 422 g/mol. The number of nitrogens with zero attached hydrogens (tertiary/aromatic N) is 1. The van der Waals surface area contributed by atoms with Gasteiger partial charge in [0.25, 0.3) is 5.91 Å². The number of rotatable bonds is 6. The van der Waals surface area contributed by atoms with E-state index in [0.29, 0.717) is 37.0 Å². The third kappa shape index (κ3) is 5.15. The van der Waals surface area contributed by atoms with Gasteiger partial charge in [0.15, 0.2) is 6.10 Å². The fourth-order valence-corrected chi connectivity index (χ4v) is 4.23. The summed E-state index contributed by atoms with van der Waals surface area (Å²) in [6.45, 7) is 2.75. The quantitative estimate of drug-likeness (QED) is 0.661. The average molecular weight is 442 g/mol. The van der Waals surface area contributed by atoms with E-state index in [9.17, 15) is 18.0 Å². The lowest BCUT2D eigenvalue weighted by Gasteiger charge is -2.26. The van der Waals surface area contributed by atoms with Crippen LogP contribution in [0.3, 0.4) is 0 Å². The van der Waals surface area contributed by atoms with Crippen LogP contribution in [0, 0.1) is 0 Å². The normalized spacial score (nSPS) is 16.2. The first kappa shape index (κ1) is 21.3. The predicted octanol–water partition coefficient (Wildman–Crippen LogP) is 1.87. The summed E-state index contributed by atoms with van der Waals surface area (Å²) in [6, 6.07) is 7.17. The predicted molar refractivity (Wildman–Crippen MR) is 105 cm³/mol. The van der Waals surface area contributed by atoms with Crippen molar-refractivity contribution >= 4 is 39.2 Å². The number of aromatic amines is 1. The number of esters is 1. The van der Waals surface area contributed by atoms with Gasteiger partial charge in [0.2, 0.25) is 10.0 Å². The van der Waals surface area contributed by atoms with Crippen LogP contribution in [0.15, 0.2) is 41.4 Å². The Labute approximate surface area is 173 Å². The Morgan fingerprint density at radius 2 is 1.90 bits per heavy atom. The van der Waals surface area contributed by atoms with E-state index < -0.39 is 28.0 Å². The molecule has 2 heterocycles. The molecule has 29 heavy (non-hydrogen) atoms. The number of sulfonamides is 1. The van der Waals surface area contributed by atoms with Crippen LogP contribution in [0.25, 0.3) is 0 Å². The van der Waals surface area contributed by atoms with Crippen molar-refractivity contribution in [2.75, 3.05) is 31.6 Å². The summed E-state index contributed by atoms with van der Waals surface area (Å²) in [5.74, 6) is -1.27. The molecule has 1 fully saturated rings. The number of hydrogen-bond donors (Lipinski definition) is 2. The molecule has 1 saturated heterocycles. The second kappa shape index (κ2) is 8.95. The number of H-pyrrole nitrogens is 1. The van der Waals surface area contributed by atoms with Gasteiger partial charge in [0.1, 0.15) is 5.69 Å². The third-order valence-electron chi connectivity index (χ3n) is 4.25. The fourth-order valence-electron chi connectivity index (χ4n) is 2.65. The van der Waals surface area contributed by atoms with Crippen LogP contribution in [0.2, 0.25) is 5.02 Å². The number of hydrogen-bond acceptors (Lipinski definition) is 6. The molecule has 1 atom stereocenters. The largest absolute Gasteiger partial charge is 0.448 e. The standard InChI is InChI=1S/C18H20ClN3O6S/c1-12(28-18(24)16-10-13(19)11-20-16)17(23)21-14-2-4-15(5-3-14)29(25,26)22-6-8-27-9-7-22/h2-5,10-12,20H,6-9H2,1H3,(H,21,23). The third-order valence-corrected chi connectivity index (χ3v) is 6.38. The highest BCUT2D eigenvalue weighted by atomic mass is 35.5. The van der Waals surface area contributed by atoms with E-state index >= 15 is 0 Å². The topological polar surface area (TPSA) is 118 Å². The Kier molecular flexibility index (Phi) is 6.58. The molecule has 11 heteroatoms. The molecule has 0 aliphatic carbocycles. The van der Waals surface area contributed by atoms with Crippen molar-refractivity contribution in [1.29, 1.82) is 0 Å². The van der Waals surface area contributed by atoms with Crippen molar-refractivity contribution < 1.29 is 27.5 Å². The molecule has 2 N–H and O–H groups in total. The van der Waals surface area contributed by atoms with Gasteiger partial charge in [0.05, 0.1) is 23.1 Å². The number of ether oxygens (including phenoxy) is 2. The minimum absolute atomic E-state index is 0.125. The molecule has 9 nitrogen and oxygen atoms in total. The Balaban J connectivity index is 1.60. The molecule has 1 aromatic heterocycles. The summed E-state index contributed by atoms with van der Waals surface area (Å²) >= 11 is 5.73. The van der Waals surface area contributed by atoms with Gasteiger partial charge in [-0.05, 0) is 37.3 Å². The number of nitrogens with one attached hydrogen (secondary N) is 2. The number of carbonyl (C=O) groups is 2. The van der Waals surface area contributed by atoms with Crippen molar-refractivity contribution in [2.24, 2.45) is 0 Å². The number of morpholine rings is 1. The first-order valence-corrected chi connectivity index (χ1v) is 10.6. The zero-order valence-electron chi connectivity index (χ0n) is 15.6. The number of benzene rings is 1. The van der Waals surface area contributed by atoms with Crippen LogP contribution < -0.4 is 5.32 Å². The first-order valence-electron chi connectivity index (χ1n) is 8.81. The zero-order chi connectivity index (χ0) is 21.0. The van der Waals surface area contributed by atoms with Crippen LogP contribution in [-0.4, -0.2) is 62.0 Å². The number of aromatic nitrogens is 1. The van der Waals surface area contributed by atoms with Gasteiger partial charge in [-0.15, -0.1) is 0 Å². The maximum absolute atomic E-state index is 12.6. The lowest BCUT2D eigenvalue weighted by Crippen LogP contribution is -2.40. The van der Waals surface area contributed by atoms with Crippen LogP contribution in [0.4, 0.5) is 5.69 Å². The Bertz CT molecular complexity index is 983. The molecule has 0 spiro atoms. The van der Waals surface area contributed by atoms with E-state index in [1.807, 2.05) is 0 Å². The van der Waals surface area contributed by atoms with E-state index in [4.69, 9.17) is 21.1 Å². The molecule has 1 amide bonds. The van der Waals surface area contributed by atoms with Crippen LogP contribution >= 0.6 is 11.6 Å². The van der Waals surface area contributed by atoms with E-state index in [1.54, 1.807) is 0 Å². The van der Waals surface area contributed by atoms with E-state index in [1.165, 1.54) is 47.8 Å². The van der Waals surface area contributed by atoms with Crippen molar-refractivity contribution in [1.82, 2.24) is 9.29 Å². The summed E-state index contributed by atoms with van der Waals surface area (Å²) in [5, 5.41) is 2.93. The van der Waals surface area contributed by atoms with E-state index in [2.05, 4.69) is 10.3 Å². The van der Waals surface area contributed by atoms with Crippen LogP contribution in [-0.2, 0) is 24.3 Å². The van der Waals surface area contributed by atoms with Crippen LogP contribution in [0.5, 0.6) is 0 Å². The van der Waals surface area contributed by atoms with Gasteiger partial charge in [0, 0.05) is 25.0 Å². The van der Waals surface area contributed by atoms with Gasteiger partial charge < -0.3 is 19.8 Å². The maximum atomic E-state index is 12.6. The summed E-state index contributed by atoms with van der Waals surface area (Å²) in [4.78, 5) is 27.0. The van der Waals surface area contributed by atoms with E-state index in [0.717, 1.165) is 0 Å². The van der Waals surface area contributed by atoms with Crippen molar-refractivity contribution in [3.05, 3.63) is 47.2 Å². The summed E-state index contributed by atoms with van der Waals surface area (Å²) < 4.78 is 36.8. The highest BCUT2D eigenvalue weighted by Crippen LogP contribution is 2.20. The molecule has 156 valence electrons. The molecule has 3 rings (SSSR count). The highest BCUT2D eigenvalue weighted by Gasteiger charge is 2.26. The number of anilines is 1. The van der Waals surface area contributed by atoms with Gasteiger partial charge >= 0.3 is 5.97 Å². The second-order valence-corrected chi connectivity index (χ2v) is 8.68. The molecule has 1 aromatic carbocycles. The van der Waals surface area contributed by atoms with Gasteiger partial charge in [-0.1, -0.05) is 11.6 Å². The average Bonchev–Trinajstić information content (AvgIpc) is 3.15. The first-order chi connectivity index (χ1) is 13.8. The Morgan fingerprint density at radius 3 is 2.48 bits per heavy atom. The smallest absolute Gasteiger partial charge is 0.355 e. The Morgan fingerprint density at radius 1 is 1.24 bits per heavy atom. The number of carbonyl (C=O) groups excluding carboxylic acids is 2. The number of halogens is 1. The minimum atomic E-state index is -3.61. The monoisotopic (exact) mass is 441 g/mol. The summed E-state index contributed by atoms with van der Waals surface area (Å²) in [6.07, 6.45) is 0.358. The maximum Gasteiger partial charge on any atom is 0.355 e. The highest BCUT2D eigenvalue weighted by molar-refractivity contribution is 7.89. The fraction of sp³-hybridized carbons (Fsp3) is 0.333. The van der Waals surface area contributed by atoms with Gasteiger partial charge in [-0.2, -0.15) is 4.31 Å². The number of amides is 1. The van der Waals surface area contributed by atoms with Crippen molar-refractivity contribution in [3.8, 4) is 0 Å². The second-order valence-electron chi connectivity index (χ2n) is 6.31. The van der Waals surface area contributed by atoms with Gasteiger partial charge in [-0.25, -0.2) is 13.2 Å². The van der Waals surface area contributed by atoms with Gasteiger partial charge in [-0.3, -0.25) is 4.79 Å². The van der Waals surface area contributed by atoms with E-state index in [-0.39, 0.29) is 10.6 Å². The zero-order valence-corrected chi connectivity index (χ0v) is 17.1. The van der Waals surface area contributed by atoms with Crippen molar-refractivity contribution in [2.45, 2.75) is 17.9 Å². The molecule has 2 aromatic rings. The minimum Gasteiger partial charge on any atom is -0.448 e. The molecular formula is C18H20ClN3O6S. The molecule has 1 unspecified atom stereocenters.